The fraction of sp³-hybridized carbons (Fsp3) is 0.0769. The van der Waals surface area contributed by atoms with Gasteiger partial charge in [0.1, 0.15) is 11.6 Å². The standard InChI is InChI=1S/C13H9BrFN3/c1-7-2-5-11-13(16-7)18-12(17-11)9-4-3-8(14)6-10(9)15/h2-6H,1H3,(H,16,17,18). The number of nitrogens with zero attached hydrogens (tertiary/aromatic N) is 2. The number of halogens is 2. The number of H-pyrrole nitrogens is 1. The number of benzene rings is 1. The molecule has 1 N–H and O–H groups in total. The second kappa shape index (κ2) is 4.17. The van der Waals surface area contributed by atoms with Gasteiger partial charge in [-0.2, -0.15) is 0 Å². The molecule has 0 amide bonds. The number of pyridine rings is 1. The maximum atomic E-state index is 13.8. The van der Waals surface area contributed by atoms with E-state index in [2.05, 4.69) is 30.9 Å². The van der Waals surface area contributed by atoms with E-state index in [1.54, 1.807) is 12.1 Å². The van der Waals surface area contributed by atoms with Gasteiger partial charge in [0, 0.05) is 10.2 Å². The van der Waals surface area contributed by atoms with Crippen LogP contribution in [0.3, 0.4) is 0 Å². The van der Waals surface area contributed by atoms with Crippen molar-refractivity contribution in [3.8, 4) is 11.4 Å². The number of aromatic nitrogens is 3. The van der Waals surface area contributed by atoms with E-state index in [0.717, 1.165) is 11.2 Å². The predicted molar refractivity (Wildman–Crippen MR) is 71.7 cm³/mol. The van der Waals surface area contributed by atoms with Crippen LogP contribution in [0.15, 0.2) is 34.8 Å². The summed E-state index contributed by atoms with van der Waals surface area (Å²) in [6, 6.07) is 8.67. The fourth-order valence-corrected chi connectivity index (χ4v) is 2.13. The molecule has 3 rings (SSSR count). The average molecular weight is 306 g/mol. The number of aromatic amines is 1. The van der Waals surface area contributed by atoms with Crippen molar-refractivity contribution in [2.24, 2.45) is 0 Å². The Labute approximate surface area is 111 Å². The van der Waals surface area contributed by atoms with Crippen molar-refractivity contribution in [2.45, 2.75) is 6.92 Å². The van der Waals surface area contributed by atoms with E-state index in [1.807, 2.05) is 19.1 Å². The van der Waals surface area contributed by atoms with Gasteiger partial charge in [-0.25, -0.2) is 14.4 Å². The minimum absolute atomic E-state index is 0.319. The summed E-state index contributed by atoms with van der Waals surface area (Å²) in [5.41, 5.74) is 2.73. The van der Waals surface area contributed by atoms with Crippen LogP contribution < -0.4 is 0 Å². The third-order valence-electron chi connectivity index (χ3n) is 2.67. The number of nitrogens with one attached hydrogen (secondary N) is 1. The molecule has 0 spiro atoms. The van der Waals surface area contributed by atoms with Gasteiger partial charge in [0.05, 0.1) is 11.1 Å². The highest BCUT2D eigenvalue weighted by Crippen LogP contribution is 2.25. The van der Waals surface area contributed by atoms with Crippen LogP contribution in [0.4, 0.5) is 4.39 Å². The van der Waals surface area contributed by atoms with E-state index in [1.165, 1.54) is 6.07 Å². The van der Waals surface area contributed by atoms with Crippen molar-refractivity contribution in [3.63, 3.8) is 0 Å². The molecule has 3 aromatic rings. The molecule has 0 saturated carbocycles. The lowest BCUT2D eigenvalue weighted by atomic mass is 10.2. The van der Waals surface area contributed by atoms with Crippen molar-refractivity contribution in [1.29, 1.82) is 0 Å². The van der Waals surface area contributed by atoms with Crippen LogP contribution >= 0.6 is 15.9 Å². The molecule has 0 aliphatic heterocycles. The van der Waals surface area contributed by atoms with Crippen molar-refractivity contribution in [3.05, 3.63) is 46.3 Å². The first kappa shape index (κ1) is 11.3. The van der Waals surface area contributed by atoms with Crippen LogP contribution in [0.25, 0.3) is 22.6 Å². The number of hydrogen-bond donors (Lipinski definition) is 1. The number of imidazole rings is 1. The van der Waals surface area contributed by atoms with E-state index < -0.39 is 0 Å². The molecule has 0 aliphatic carbocycles. The molecule has 0 bridgehead atoms. The highest BCUT2D eigenvalue weighted by molar-refractivity contribution is 9.10. The third-order valence-corrected chi connectivity index (χ3v) is 3.16. The van der Waals surface area contributed by atoms with Gasteiger partial charge in [-0.05, 0) is 37.3 Å². The molecule has 0 aliphatic rings. The molecule has 0 atom stereocenters. The average Bonchev–Trinajstić information content (AvgIpc) is 2.71. The summed E-state index contributed by atoms with van der Waals surface area (Å²) in [5, 5.41) is 0. The molecule has 1 aromatic carbocycles. The first-order chi connectivity index (χ1) is 8.63. The molecule has 3 nitrogen and oxygen atoms in total. The minimum Gasteiger partial charge on any atom is -0.336 e. The second-order valence-corrected chi connectivity index (χ2v) is 4.95. The molecular weight excluding hydrogens is 297 g/mol. The maximum absolute atomic E-state index is 13.8. The molecule has 18 heavy (non-hydrogen) atoms. The van der Waals surface area contributed by atoms with Crippen LogP contribution in [0.2, 0.25) is 0 Å². The lowest BCUT2D eigenvalue weighted by Gasteiger charge is -1.99. The third kappa shape index (κ3) is 1.90. The van der Waals surface area contributed by atoms with Crippen molar-refractivity contribution < 1.29 is 4.39 Å². The molecule has 0 radical (unpaired) electrons. The Morgan fingerprint density at radius 2 is 2.00 bits per heavy atom. The second-order valence-electron chi connectivity index (χ2n) is 4.03. The Hall–Kier alpha value is -1.75. The van der Waals surface area contributed by atoms with E-state index in [9.17, 15) is 4.39 Å². The van der Waals surface area contributed by atoms with Crippen LogP contribution in [-0.4, -0.2) is 15.0 Å². The van der Waals surface area contributed by atoms with E-state index in [0.29, 0.717) is 21.5 Å². The summed E-state index contributed by atoms with van der Waals surface area (Å²) in [7, 11) is 0. The minimum atomic E-state index is -0.319. The Kier molecular flexibility index (Phi) is 2.63. The quantitative estimate of drug-likeness (QED) is 0.742. The van der Waals surface area contributed by atoms with Gasteiger partial charge in [-0.3, -0.25) is 0 Å². The molecule has 90 valence electrons. The van der Waals surface area contributed by atoms with Gasteiger partial charge in [-0.1, -0.05) is 15.9 Å². The number of aryl methyl sites for hydroxylation is 1. The highest BCUT2D eigenvalue weighted by Gasteiger charge is 2.11. The monoisotopic (exact) mass is 305 g/mol. The van der Waals surface area contributed by atoms with Gasteiger partial charge < -0.3 is 4.98 Å². The Morgan fingerprint density at radius 3 is 2.78 bits per heavy atom. The highest BCUT2D eigenvalue weighted by atomic mass is 79.9. The number of fused-ring (bicyclic) bond motifs is 1. The zero-order chi connectivity index (χ0) is 12.7. The topological polar surface area (TPSA) is 41.6 Å². The Morgan fingerprint density at radius 1 is 1.17 bits per heavy atom. The summed E-state index contributed by atoms with van der Waals surface area (Å²) in [6.45, 7) is 1.90. The Bertz CT molecular complexity index is 736. The summed E-state index contributed by atoms with van der Waals surface area (Å²) in [5.74, 6) is 0.174. The first-order valence-corrected chi connectivity index (χ1v) is 6.21. The molecule has 0 fully saturated rings. The van der Waals surface area contributed by atoms with E-state index >= 15 is 0 Å². The van der Waals surface area contributed by atoms with Crippen molar-refractivity contribution in [2.75, 3.05) is 0 Å². The zero-order valence-corrected chi connectivity index (χ0v) is 11.1. The summed E-state index contributed by atoms with van der Waals surface area (Å²) in [6.07, 6.45) is 0. The van der Waals surface area contributed by atoms with Gasteiger partial charge in [0.15, 0.2) is 5.65 Å². The summed E-state index contributed by atoms with van der Waals surface area (Å²) >= 11 is 3.23. The lowest BCUT2D eigenvalue weighted by molar-refractivity contribution is 0.629. The van der Waals surface area contributed by atoms with Gasteiger partial charge >= 0.3 is 0 Å². The van der Waals surface area contributed by atoms with Crippen LogP contribution in [0.5, 0.6) is 0 Å². The maximum Gasteiger partial charge on any atom is 0.178 e. The summed E-state index contributed by atoms with van der Waals surface area (Å²) in [4.78, 5) is 11.7. The number of hydrogen-bond acceptors (Lipinski definition) is 2. The van der Waals surface area contributed by atoms with Crippen LogP contribution in [0, 0.1) is 12.7 Å². The van der Waals surface area contributed by atoms with Crippen molar-refractivity contribution >= 4 is 27.1 Å². The molecule has 2 aromatic heterocycles. The van der Waals surface area contributed by atoms with Gasteiger partial charge in [0.25, 0.3) is 0 Å². The van der Waals surface area contributed by atoms with Gasteiger partial charge in [0.2, 0.25) is 0 Å². The predicted octanol–water partition coefficient (Wildman–Crippen LogP) is 3.83. The molecule has 5 heteroatoms. The fourth-order valence-electron chi connectivity index (χ4n) is 1.80. The smallest absolute Gasteiger partial charge is 0.178 e. The van der Waals surface area contributed by atoms with Crippen LogP contribution in [-0.2, 0) is 0 Å². The largest absolute Gasteiger partial charge is 0.336 e. The molecule has 2 heterocycles. The lowest BCUT2D eigenvalue weighted by Crippen LogP contribution is -1.86. The van der Waals surface area contributed by atoms with Crippen LogP contribution in [0.1, 0.15) is 5.69 Å². The SMILES string of the molecule is Cc1ccc2[nH]c(-c3ccc(Br)cc3F)nc2n1. The summed E-state index contributed by atoms with van der Waals surface area (Å²) < 4.78 is 14.5. The normalized spacial score (nSPS) is 11.1. The molecule has 0 saturated heterocycles. The van der Waals surface area contributed by atoms with Gasteiger partial charge in [-0.15, -0.1) is 0 Å². The Balaban J connectivity index is 2.19. The number of rotatable bonds is 1. The molecular formula is C13H9BrFN3. The van der Waals surface area contributed by atoms with E-state index in [-0.39, 0.29) is 5.82 Å². The first-order valence-electron chi connectivity index (χ1n) is 5.42. The molecule has 0 unspecified atom stereocenters. The van der Waals surface area contributed by atoms with Crippen molar-refractivity contribution in [1.82, 2.24) is 15.0 Å². The zero-order valence-electron chi connectivity index (χ0n) is 9.54. The van der Waals surface area contributed by atoms with E-state index in [4.69, 9.17) is 0 Å².